The van der Waals surface area contributed by atoms with Crippen LogP contribution >= 0.6 is 0 Å². The Morgan fingerprint density at radius 3 is 1.81 bits per heavy atom. The summed E-state index contributed by atoms with van der Waals surface area (Å²) in [4.78, 5) is 24.3. The molecule has 0 bridgehead atoms. The monoisotopic (exact) mass is 345 g/mol. The number of carbonyl (C=O) groups excluding carboxylic acids is 2. The van der Waals surface area contributed by atoms with E-state index in [1.807, 2.05) is 41.3 Å². The summed E-state index contributed by atoms with van der Waals surface area (Å²) in [6.45, 7) is 0. The van der Waals surface area contributed by atoms with Crippen molar-refractivity contribution in [2.75, 3.05) is 12.0 Å². The molecular formula is C21H15NO4. The smallest absolute Gasteiger partial charge is 0.152 e. The zero-order chi connectivity index (χ0) is 18.1. The predicted octanol–water partition coefficient (Wildman–Crippen LogP) is 4.90. The number of carbonyl (C=O) groups is 2. The van der Waals surface area contributed by atoms with Crippen LogP contribution in [0, 0.1) is 0 Å². The number of hydrogen-bond acceptors (Lipinski definition) is 5. The summed E-state index contributed by atoms with van der Waals surface area (Å²) in [5, 5.41) is 0. The Balaban J connectivity index is 1.91. The zero-order valence-corrected chi connectivity index (χ0v) is 14.0. The molecule has 26 heavy (non-hydrogen) atoms. The van der Waals surface area contributed by atoms with Crippen molar-refractivity contribution >= 4 is 29.6 Å². The Hall–Kier alpha value is -3.60. The first kappa shape index (κ1) is 15.9. The second kappa shape index (κ2) is 6.37. The van der Waals surface area contributed by atoms with Crippen molar-refractivity contribution < 1.29 is 19.1 Å². The first-order valence-corrected chi connectivity index (χ1v) is 8.04. The van der Waals surface area contributed by atoms with Gasteiger partial charge in [-0.05, 0) is 60.7 Å². The molecule has 0 aromatic heterocycles. The Morgan fingerprint density at radius 1 is 0.808 bits per heavy atom. The van der Waals surface area contributed by atoms with Crippen LogP contribution in [-0.2, 0) is 0 Å². The fraction of sp³-hybridized carbons (Fsp3) is 0.0476. The molecule has 4 rings (SSSR count). The van der Waals surface area contributed by atoms with E-state index in [1.54, 1.807) is 31.4 Å². The molecule has 0 unspecified atom stereocenters. The lowest BCUT2D eigenvalue weighted by atomic mass is 10.1. The maximum atomic E-state index is 11.1. The number of rotatable bonds is 4. The highest BCUT2D eigenvalue weighted by Crippen LogP contribution is 2.50. The van der Waals surface area contributed by atoms with Crippen LogP contribution in [0.1, 0.15) is 20.7 Å². The number of methoxy groups -OCH3 is 1. The summed E-state index contributed by atoms with van der Waals surface area (Å²) in [7, 11) is 1.62. The van der Waals surface area contributed by atoms with Crippen molar-refractivity contribution in [2.45, 2.75) is 0 Å². The molecule has 5 nitrogen and oxygen atoms in total. The summed E-state index contributed by atoms with van der Waals surface area (Å²) >= 11 is 0. The molecule has 0 spiro atoms. The fourth-order valence-corrected chi connectivity index (χ4v) is 3.00. The summed E-state index contributed by atoms with van der Waals surface area (Å²) in [5.74, 6) is 1.87. The summed E-state index contributed by atoms with van der Waals surface area (Å²) in [6, 6.07) is 18.2. The van der Waals surface area contributed by atoms with Gasteiger partial charge in [0.25, 0.3) is 0 Å². The van der Waals surface area contributed by atoms with E-state index in [-0.39, 0.29) is 0 Å². The third-order valence-corrected chi connectivity index (χ3v) is 4.27. The lowest BCUT2D eigenvalue weighted by Crippen LogP contribution is -2.16. The SMILES string of the molecule is COc1ccc(N2c3ccc(C=O)cc3Oc3cc(C=O)ccc32)cc1. The molecule has 0 atom stereocenters. The number of fused-ring (bicyclic) bond motifs is 2. The van der Waals surface area contributed by atoms with Gasteiger partial charge in [-0.2, -0.15) is 0 Å². The van der Waals surface area contributed by atoms with Gasteiger partial charge in [0.1, 0.15) is 18.3 Å². The molecular weight excluding hydrogens is 330 g/mol. The number of anilines is 3. The molecule has 0 aliphatic carbocycles. The average molecular weight is 345 g/mol. The first-order valence-electron chi connectivity index (χ1n) is 8.04. The van der Waals surface area contributed by atoms with Crippen molar-refractivity contribution in [1.82, 2.24) is 0 Å². The van der Waals surface area contributed by atoms with E-state index in [9.17, 15) is 9.59 Å². The summed E-state index contributed by atoms with van der Waals surface area (Å²) in [6.07, 6.45) is 1.55. The van der Waals surface area contributed by atoms with Gasteiger partial charge in [0.2, 0.25) is 0 Å². The number of aldehydes is 2. The minimum absolute atomic E-state index is 0.522. The van der Waals surface area contributed by atoms with E-state index in [0.717, 1.165) is 35.4 Å². The Labute approximate surface area is 150 Å². The van der Waals surface area contributed by atoms with Gasteiger partial charge < -0.3 is 14.4 Å². The largest absolute Gasteiger partial charge is 0.497 e. The minimum Gasteiger partial charge on any atom is -0.497 e. The Bertz CT molecular complexity index is 938. The average Bonchev–Trinajstić information content (AvgIpc) is 2.71. The number of benzene rings is 3. The molecule has 3 aromatic carbocycles. The second-order valence-corrected chi connectivity index (χ2v) is 5.83. The Kier molecular flexibility index (Phi) is 3.89. The number of ether oxygens (including phenoxy) is 2. The van der Waals surface area contributed by atoms with Gasteiger partial charge in [0.15, 0.2) is 11.5 Å². The molecule has 1 heterocycles. The van der Waals surface area contributed by atoms with E-state index in [0.29, 0.717) is 22.6 Å². The highest BCUT2D eigenvalue weighted by molar-refractivity contribution is 5.90. The lowest BCUT2D eigenvalue weighted by Gasteiger charge is -2.33. The molecule has 1 aliphatic rings. The van der Waals surface area contributed by atoms with Crippen molar-refractivity contribution in [2.24, 2.45) is 0 Å². The maximum Gasteiger partial charge on any atom is 0.152 e. The fourth-order valence-electron chi connectivity index (χ4n) is 3.00. The summed E-state index contributed by atoms with van der Waals surface area (Å²) < 4.78 is 11.2. The number of nitrogens with zero attached hydrogens (tertiary/aromatic N) is 1. The van der Waals surface area contributed by atoms with E-state index < -0.39 is 0 Å². The lowest BCUT2D eigenvalue weighted by molar-refractivity contribution is 0.111. The third kappa shape index (κ3) is 2.59. The zero-order valence-electron chi connectivity index (χ0n) is 14.0. The van der Waals surface area contributed by atoms with Crippen molar-refractivity contribution in [3.8, 4) is 17.2 Å². The first-order chi connectivity index (χ1) is 12.7. The molecule has 5 heteroatoms. The standard InChI is InChI=1S/C21H15NO4/c1-25-17-6-4-16(5-7-17)22-18-8-2-14(12-23)10-20(18)26-21-11-15(13-24)3-9-19(21)22/h2-13H,1H3. The van der Waals surface area contributed by atoms with Crippen molar-refractivity contribution in [1.29, 1.82) is 0 Å². The second-order valence-electron chi connectivity index (χ2n) is 5.83. The number of hydrogen-bond donors (Lipinski definition) is 0. The van der Waals surface area contributed by atoms with Gasteiger partial charge in [-0.3, -0.25) is 9.59 Å². The van der Waals surface area contributed by atoms with Crippen LogP contribution in [0.5, 0.6) is 17.2 Å². The van der Waals surface area contributed by atoms with Gasteiger partial charge in [0, 0.05) is 16.8 Å². The van der Waals surface area contributed by atoms with E-state index in [1.165, 1.54) is 0 Å². The minimum atomic E-state index is 0.522. The van der Waals surface area contributed by atoms with Crippen LogP contribution < -0.4 is 14.4 Å². The molecule has 128 valence electrons. The summed E-state index contributed by atoms with van der Waals surface area (Å²) in [5.41, 5.74) is 3.58. The molecule has 1 aliphatic heterocycles. The molecule has 0 N–H and O–H groups in total. The quantitative estimate of drug-likeness (QED) is 0.493. The predicted molar refractivity (Wildman–Crippen MR) is 98.5 cm³/mol. The van der Waals surface area contributed by atoms with Crippen LogP contribution in [0.15, 0.2) is 60.7 Å². The molecule has 0 saturated heterocycles. The van der Waals surface area contributed by atoms with Gasteiger partial charge in [-0.25, -0.2) is 0 Å². The Morgan fingerprint density at radius 2 is 1.35 bits per heavy atom. The van der Waals surface area contributed by atoms with Crippen LogP contribution in [0.4, 0.5) is 17.1 Å². The van der Waals surface area contributed by atoms with Crippen molar-refractivity contribution in [3.63, 3.8) is 0 Å². The van der Waals surface area contributed by atoms with Gasteiger partial charge >= 0.3 is 0 Å². The van der Waals surface area contributed by atoms with E-state index in [2.05, 4.69) is 0 Å². The van der Waals surface area contributed by atoms with Crippen LogP contribution in [0.2, 0.25) is 0 Å². The topological polar surface area (TPSA) is 55.8 Å². The normalized spacial score (nSPS) is 11.8. The molecule has 0 saturated carbocycles. The van der Waals surface area contributed by atoms with Crippen LogP contribution in [0.25, 0.3) is 0 Å². The van der Waals surface area contributed by atoms with Gasteiger partial charge in [-0.15, -0.1) is 0 Å². The molecule has 0 amide bonds. The molecule has 0 radical (unpaired) electrons. The maximum absolute atomic E-state index is 11.1. The van der Waals surface area contributed by atoms with Gasteiger partial charge in [0.05, 0.1) is 18.5 Å². The van der Waals surface area contributed by atoms with Gasteiger partial charge in [-0.1, -0.05) is 0 Å². The highest BCUT2D eigenvalue weighted by Gasteiger charge is 2.26. The highest BCUT2D eigenvalue weighted by atomic mass is 16.5. The van der Waals surface area contributed by atoms with Crippen molar-refractivity contribution in [3.05, 3.63) is 71.8 Å². The van der Waals surface area contributed by atoms with E-state index >= 15 is 0 Å². The van der Waals surface area contributed by atoms with Crippen LogP contribution in [0.3, 0.4) is 0 Å². The third-order valence-electron chi connectivity index (χ3n) is 4.27. The molecule has 3 aromatic rings. The van der Waals surface area contributed by atoms with E-state index in [4.69, 9.17) is 9.47 Å². The molecule has 0 fully saturated rings. The van der Waals surface area contributed by atoms with Crippen LogP contribution in [-0.4, -0.2) is 19.7 Å².